The second-order valence-corrected chi connectivity index (χ2v) is 6.66. The Labute approximate surface area is 117 Å². The molecule has 2 saturated heterocycles. The van der Waals surface area contributed by atoms with Crippen molar-refractivity contribution < 1.29 is 0 Å². The van der Waals surface area contributed by atoms with Crippen LogP contribution in [0.15, 0.2) is 29.6 Å². The first kappa shape index (κ1) is 11.9. The van der Waals surface area contributed by atoms with Crippen LogP contribution in [0.4, 0.5) is 0 Å². The summed E-state index contributed by atoms with van der Waals surface area (Å²) in [6.45, 7) is 4.63. The lowest BCUT2D eigenvalue weighted by Crippen LogP contribution is -2.44. The molecular formula is C15H19N3S. The maximum absolute atomic E-state index is 3.39. The summed E-state index contributed by atoms with van der Waals surface area (Å²) in [5.74, 6) is 0.777. The summed E-state index contributed by atoms with van der Waals surface area (Å²) < 4.78 is 1.40. The minimum atomic E-state index is 0.690. The Bertz CT molecular complexity index is 580. The molecule has 2 fully saturated rings. The molecular weight excluding hydrogens is 254 g/mol. The smallest absolute Gasteiger partial charge is 0.0342 e. The minimum absolute atomic E-state index is 0.690. The van der Waals surface area contributed by atoms with E-state index >= 15 is 0 Å². The molecule has 2 atom stereocenters. The molecule has 0 radical (unpaired) electrons. The van der Waals surface area contributed by atoms with Crippen molar-refractivity contribution in [2.75, 3.05) is 19.6 Å². The van der Waals surface area contributed by atoms with E-state index in [1.807, 2.05) is 11.3 Å². The molecule has 2 aliphatic heterocycles. The molecule has 0 amide bonds. The summed E-state index contributed by atoms with van der Waals surface area (Å²) in [5, 5.41) is 3.57. The van der Waals surface area contributed by atoms with Crippen LogP contribution in [0.3, 0.4) is 0 Å². The van der Waals surface area contributed by atoms with Crippen LogP contribution < -0.4 is 10.9 Å². The highest BCUT2D eigenvalue weighted by atomic mass is 32.1. The molecule has 2 aromatic rings. The third kappa shape index (κ3) is 2.30. The van der Waals surface area contributed by atoms with Gasteiger partial charge in [0.05, 0.1) is 0 Å². The number of hydrogen-bond acceptors (Lipinski definition) is 4. The van der Waals surface area contributed by atoms with Crippen molar-refractivity contribution in [2.24, 2.45) is 5.92 Å². The normalized spacial score (nSPS) is 27.8. The molecule has 1 aromatic carbocycles. The maximum atomic E-state index is 3.39. The zero-order valence-electron chi connectivity index (χ0n) is 10.9. The predicted octanol–water partition coefficient (Wildman–Crippen LogP) is 2.20. The van der Waals surface area contributed by atoms with Gasteiger partial charge >= 0.3 is 0 Å². The van der Waals surface area contributed by atoms with Gasteiger partial charge in [-0.2, -0.15) is 0 Å². The van der Waals surface area contributed by atoms with Gasteiger partial charge in [-0.3, -0.25) is 15.8 Å². The monoisotopic (exact) mass is 273 g/mol. The molecule has 4 heteroatoms. The predicted molar refractivity (Wildman–Crippen MR) is 80.1 cm³/mol. The third-order valence-corrected chi connectivity index (χ3v) is 5.29. The molecule has 0 aliphatic carbocycles. The van der Waals surface area contributed by atoms with Crippen LogP contribution in [0, 0.1) is 5.92 Å². The van der Waals surface area contributed by atoms with Gasteiger partial charge in [-0.05, 0) is 40.9 Å². The number of thiophene rings is 1. The standard InChI is InChI=1S/C15H19N3S/c1-2-15-12(4-6-19-15)7-11(1)9-18-5-3-14-13(10-18)8-16-17-14/h1-2,4,6-7,13-14,16-17H,3,5,8-10H2. The molecule has 19 heavy (non-hydrogen) atoms. The topological polar surface area (TPSA) is 27.3 Å². The first-order valence-corrected chi connectivity index (χ1v) is 7.93. The lowest BCUT2D eigenvalue weighted by Gasteiger charge is -2.34. The van der Waals surface area contributed by atoms with Crippen LogP contribution >= 0.6 is 11.3 Å². The van der Waals surface area contributed by atoms with Gasteiger partial charge in [-0.15, -0.1) is 11.3 Å². The molecule has 0 saturated carbocycles. The highest BCUT2D eigenvalue weighted by molar-refractivity contribution is 7.17. The number of piperidine rings is 1. The summed E-state index contributed by atoms with van der Waals surface area (Å²) in [5.41, 5.74) is 8.13. The Balaban J connectivity index is 1.48. The fraction of sp³-hybridized carbons (Fsp3) is 0.467. The summed E-state index contributed by atoms with van der Waals surface area (Å²) in [7, 11) is 0. The second kappa shape index (κ2) is 4.87. The van der Waals surface area contributed by atoms with Gasteiger partial charge in [0.2, 0.25) is 0 Å². The number of hydrogen-bond donors (Lipinski definition) is 2. The van der Waals surface area contributed by atoms with Crippen molar-refractivity contribution in [3.63, 3.8) is 0 Å². The van der Waals surface area contributed by atoms with Gasteiger partial charge < -0.3 is 0 Å². The number of hydrazine groups is 1. The first-order valence-electron chi connectivity index (χ1n) is 7.05. The van der Waals surface area contributed by atoms with Crippen molar-refractivity contribution in [3.05, 3.63) is 35.2 Å². The van der Waals surface area contributed by atoms with E-state index < -0.39 is 0 Å². The van der Waals surface area contributed by atoms with Gasteiger partial charge in [-0.1, -0.05) is 6.07 Å². The van der Waals surface area contributed by atoms with Crippen molar-refractivity contribution >= 4 is 21.4 Å². The first-order chi connectivity index (χ1) is 9.38. The van der Waals surface area contributed by atoms with Crippen molar-refractivity contribution in [3.8, 4) is 0 Å². The molecule has 2 unspecified atom stereocenters. The molecule has 2 aliphatic rings. The van der Waals surface area contributed by atoms with Crippen LogP contribution in [-0.4, -0.2) is 30.6 Å². The van der Waals surface area contributed by atoms with Gasteiger partial charge in [0.25, 0.3) is 0 Å². The number of likely N-dealkylation sites (tertiary alicyclic amines) is 1. The third-order valence-electron chi connectivity index (χ3n) is 4.39. The number of nitrogens with one attached hydrogen (secondary N) is 2. The number of fused-ring (bicyclic) bond motifs is 2. The van der Waals surface area contributed by atoms with Crippen LogP contribution in [0.2, 0.25) is 0 Å². The lowest BCUT2D eigenvalue weighted by atomic mass is 9.94. The fourth-order valence-electron chi connectivity index (χ4n) is 3.34. The summed E-state index contributed by atoms with van der Waals surface area (Å²) >= 11 is 1.82. The van der Waals surface area contributed by atoms with E-state index in [9.17, 15) is 0 Å². The van der Waals surface area contributed by atoms with E-state index in [0.717, 1.165) is 19.0 Å². The number of benzene rings is 1. The van der Waals surface area contributed by atoms with E-state index in [1.165, 1.54) is 35.2 Å². The molecule has 2 N–H and O–H groups in total. The van der Waals surface area contributed by atoms with Crippen molar-refractivity contribution in [1.29, 1.82) is 0 Å². The average Bonchev–Trinajstić information content (AvgIpc) is 3.05. The zero-order chi connectivity index (χ0) is 12.7. The minimum Gasteiger partial charge on any atom is -0.299 e. The number of nitrogens with zero attached hydrogens (tertiary/aromatic N) is 1. The molecule has 0 bridgehead atoms. The summed E-state index contributed by atoms with van der Waals surface area (Å²) in [4.78, 5) is 2.60. The second-order valence-electron chi connectivity index (χ2n) is 5.71. The Morgan fingerprint density at radius 1 is 1.32 bits per heavy atom. The fourth-order valence-corrected chi connectivity index (χ4v) is 4.11. The highest BCUT2D eigenvalue weighted by Gasteiger charge is 2.32. The molecule has 1 aromatic heterocycles. The van der Waals surface area contributed by atoms with Gasteiger partial charge in [0.1, 0.15) is 0 Å². The van der Waals surface area contributed by atoms with E-state index in [-0.39, 0.29) is 0 Å². The molecule has 3 heterocycles. The Hall–Kier alpha value is -0.940. The number of rotatable bonds is 2. The van der Waals surface area contributed by atoms with Crippen LogP contribution in [0.25, 0.3) is 10.1 Å². The highest BCUT2D eigenvalue weighted by Crippen LogP contribution is 2.24. The Morgan fingerprint density at radius 2 is 2.32 bits per heavy atom. The van der Waals surface area contributed by atoms with E-state index in [2.05, 4.69) is 45.4 Å². The van der Waals surface area contributed by atoms with Gasteiger partial charge in [0.15, 0.2) is 0 Å². The summed E-state index contributed by atoms with van der Waals surface area (Å²) in [6.07, 6.45) is 1.26. The zero-order valence-corrected chi connectivity index (χ0v) is 11.7. The SMILES string of the molecule is c1cc2cc(CN3CCC4NNCC4C3)ccc2s1. The quantitative estimate of drug-likeness (QED) is 0.878. The molecule has 4 rings (SSSR count). The van der Waals surface area contributed by atoms with E-state index in [4.69, 9.17) is 0 Å². The van der Waals surface area contributed by atoms with Crippen LogP contribution in [0.1, 0.15) is 12.0 Å². The van der Waals surface area contributed by atoms with Gasteiger partial charge in [-0.25, -0.2) is 0 Å². The van der Waals surface area contributed by atoms with Crippen molar-refractivity contribution in [1.82, 2.24) is 15.8 Å². The Morgan fingerprint density at radius 3 is 3.32 bits per heavy atom. The lowest BCUT2D eigenvalue weighted by molar-refractivity contribution is 0.161. The maximum Gasteiger partial charge on any atom is 0.0342 e. The molecule has 100 valence electrons. The van der Waals surface area contributed by atoms with Crippen LogP contribution in [-0.2, 0) is 6.54 Å². The largest absolute Gasteiger partial charge is 0.299 e. The van der Waals surface area contributed by atoms with E-state index in [1.54, 1.807) is 0 Å². The molecule has 3 nitrogen and oxygen atoms in total. The Kier molecular flexibility index (Phi) is 3.04. The van der Waals surface area contributed by atoms with Crippen LogP contribution in [0.5, 0.6) is 0 Å². The van der Waals surface area contributed by atoms with E-state index in [0.29, 0.717) is 6.04 Å². The van der Waals surface area contributed by atoms with Gasteiger partial charge in [0, 0.05) is 42.8 Å². The average molecular weight is 273 g/mol. The molecule has 0 spiro atoms. The summed E-state index contributed by atoms with van der Waals surface area (Å²) in [6, 6.07) is 9.82. The van der Waals surface area contributed by atoms with Crippen molar-refractivity contribution in [2.45, 2.75) is 19.0 Å².